The third-order valence-corrected chi connectivity index (χ3v) is 3.35. The molecule has 0 saturated carbocycles. The van der Waals surface area contributed by atoms with Crippen LogP contribution in [0.1, 0.15) is 17.3 Å². The fourth-order valence-electron chi connectivity index (χ4n) is 2.11. The molecule has 0 aromatic heterocycles. The van der Waals surface area contributed by atoms with E-state index < -0.39 is 5.97 Å². The molecule has 0 atom stereocenters. The summed E-state index contributed by atoms with van der Waals surface area (Å²) in [5.74, 6) is -0.440. The zero-order valence-corrected chi connectivity index (χ0v) is 12.7. The highest BCUT2D eigenvalue weighted by Gasteiger charge is 2.20. The van der Waals surface area contributed by atoms with E-state index in [1.807, 2.05) is 42.3 Å². The molecule has 0 bridgehead atoms. The minimum Gasteiger partial charge on any atom is -0.462 e. The number of nitrogens with two attached hydrogens (primary N) is 1. The molecule has 0 aliphatic rings. The molecule has 0 amide bonds. The topological polar surface area (TPSA) is 55.6 Å². The Morgan fingerprint density at radius 3 is 2.57 bits per heavy atom. The standard InChI is InChI=1S/C16H17ClN2O2/c1-3-21-16(20)13-9-11(18)10-14(17)15(13)19(2)12-7-5-4-6-8-12/h4-10H,3,18H2,1-2H3. The summed E-state index contributed by atoms with van der Waals surface area (Å²) in [6.45, 7) is 2.05. The van der Waals surface area contributed by atoms with Crippen LogP contribution in [0.3, 0.4) is 0 Å². The first-order valence-electron chi connectivity index (χ1n) is 6.59. The van der Waals surface area contributed by atoms with Crippen molar-refractivity contribution >= 4 is 34.6 Å². The fraction of sp³-hybridized carbons (Fsp3) is 0.188. The molecule has 0 saturated heterocycles. The van der Waals surface area contributed by atoms with E-state index in [1.165, 1.54) is 0 Å². The first-order chi connectivity index (χ1) is 10.0. The Morgan fingerprint density at radius 1 is 1.29 bits per heavy atom. The molecular formula is C16H17ClN2O2. The summed E-state index contributed by atoms with van der Waals surface area (Å²) in [6, 6.07) is 12.8. The zero-order chi connectivity index (χ0) is 15.4. The predicted molar refractivity (Wildman–Crippen MR) is 86.3 cm³/mol. The summed E-state index contributed by atoms with van der Waals surface area (Å²) in [6.07, 6.45) is 0. The number of anilines is 3. The number of ether oxygens (including phenoxy) is 1. The van der Waals surface area contributed by atoms with Crippen molar-refractivity contribution in [2.45, 2.75) is 6.92 Å². The number of nitrogen functional groups attached to an aromatic ring is 1. The van der Waals surface area contributed by atoms with Crippen LogP contribution >= 0.6 is 11.6 Å². The van der Waals surface area contributed by atoms with Crippen molar-refractivity contribution in [3.63, 3.8) is 0 Å². The molecule has 110 valence electrons. The van der Waals surface area contributed by atoms with E-state index in [4.69, 9.17) is 22.1 Å². The van der Waals surface area contributed by atoms with Gasteiger partial charge in [-0.1, -0.05) is 29.8 Å². The maximum Gasteiger partial charge on any atom is 0.340 e. The number of nitrogens with zero attached hydrogens (tertiary/aromatic N) is 1. The number of esters is 1. The number of hydrogen-bond donors (Lipinski definition) is 1. The second-order valence-corrected chi connectivity index (χ2v) is 4.92. The van der Waals surface area contributed by atoms with E-state index in [1.54, 1.807) is 19.1 Å². The van der Waals surface area contributed by atoms with Crippen LogP contribution in [-0.2, 0) is 4.74 Å². The summed E-state index contributed by atoms with van der Waals surface area (Å²) >= 11 is 6.29. The van der Waals surface area contributed by atoms with Gasteiger partial charge in [0.1, 0.15) is 0 Å². The first kappa shape index (κ1) is 15.2. The SMILES string of the molecule is CCOC(=O)c1cc(N)cc(Cl)c1N(C)c1ccccc1. The van der Waals surface area contributed by atoms with E-state index in [-0.39, 0.29) is 0 Å². The smallest absolute Gasteiger partial charge is 0.340 e. The van der Waals surface area contributed by atoms with Crippen LogP contribution in [0, 0.1) is 0 Å². The number of halogens is 1. The summed E-state index contributed by atoms with van der Waals surface area (Å²) in [4.78, 5) is 14.0. The van der Waals surface area contributed by atoms with Gasteiger partial charge in [0.2, 0.25) is 0 Å². The molecule has 0 aliphatic heterocycles. The number of hydrogen-bond acceptors (Lipinski definition) is 4. The second kappa shape index (κ2) is 6.50. The average molecular weight is 305 g/mol. The van der Waals surface area contributed by atoms with Crippen molar-refractivity contribution in [1.29, 1.82) is 0 Å². The summed E-state index contributed by atoms with van der Waals surface area (Å²) in [7, 11) is 1.84. The van der Waals surface area contributed by atoms with Gasteiger partial charge in [0.05, 0.1) is 22.9 Å². The van der Waals surface area contributed by atoms with Crippen molar-refractivity contribution in [3.8, 4) is 0 Å². The highest BCUT2D eigenvalue weighted by molar-refractivity contribution is 6.34. The molecule has 4 nitrogen and oxygen atoms in total. The van der Waals surface area contributed by atoms with Crippen LogP contribution in [-0.4, -0.2) is 19.6 Å². The molecule has 0 heterocycles. The number of rotatable bonds is 4. The van der Waals surface area contributed by atoms with Gasteiger partial charge >= 0.3 is 5.97 Å². The van der Waals surface area contributed by atoms with Gasteiger partial charge in [-0.25, -0.2) is 4.79 Å². The van der Waals surface area contributed by atoms with Gasteiger partial charge in [-0.2, -0.15) is 0 Å². The third-order valence-electron chi connectivity index (χ3n) is 3.06. The number of para-hydroxylation sites is 1. The highest BCUT2D eigenvalue weighted by Crippen LogP contribution is 2.36. The summed E-state index contributed by atoms with van der Waals surface area (Å²) in [5, 5.41) is 0.407. The van der Waals surface area contributed by atoms with Gasteiger partial charge < -0.3 is 15.4 Å². The van der Waals surface area contributed by atoms with Gasteiger partial charge in [0, 0.05) is 18.4 Å². The molecule has 0 radical (unpaired) electrons. The van der Waals surface area contributed by atoms with Crippen molar-refractivity contribution in [2.24, 2.45) is 0 Å². The Labute approximate surface area is 129 Å². The van der Waals surface area contributed by atoms with Crippen LogP contribution in [0.4, 0.5) is 17.1 Å². The third kappa shape index (κ3) is 3.28. The lowest BCUT2D eigenvalue weighted by Crippen LogP contribution is -2.16. The van der Waals surface area contributed by atoms with Gasteiger partial charge in [0.15, 0.2) is 0 Å². The summed E-state index contributed by atoms with van der Waals surface area (Å²) in [5.41, 5.74) is 8.06. The van der Waals surface area contributed by atoms with Gasteiger partial charge in [-0.3, -0.25) is 0 Å². The Balaban J connectivity index is 2.54. The van der Waals surface area contributed by atoms with Crippen LogP contribution < -0.4 is 10.6 Å². The Hall–Kier alpha value is -2.20. The van der Waals surface area contributed by atoms with Crippen LogP contribution in [0.2, 0.25) is 5.02 Å². The molecule has 2 N–H and O–H groups in total. The lowest BCUT2D eigenvalue weighted by molar-refractivity contribution is 0.0527. The number of carbonyl (C=O) groups is 1. The van der Waals surface area contributed by atoms with Crippen molar-refractivity contribution in [2.75, 3.05) is 24.3 Å². The molecule has 2 aromatic carbocycles. The minimum absolute atomic E-state index is 0.291. The van der Waals surface area contributed by atoms with E-state index in [0.29, 0.717) is 28.6 Å². The van der Waals surface area contributed by atoms with Crippen molar-refractivity contribution in [3.05, 3.63) is 53.1 Å². The molecule has 2 rings (SSSR count). The number of carbonyl (C=O) groups excluding carboxylic acids is 1. The minimum atomic E-state index is -0.440. The molecule has 0 fully saturated rings. The quantitative estimate of drug-likeness (QED) is 0.688. The normalized spacial score (nSPS) is 10.2. The predicted octanol–water partition coefficient (Wildman–Crippen LogP) is 3.87. The highest BCUT2D eigenvalue weighted by atomic mass is 35.5. The van der Waals surface area contributed by atoms with Gasteiger partial charge in [0.25, 0.3) is 0 Å². The average Bonchev–Trinajstić information content (AvgIpc) is 2.47. The van der Waals surface area contributed by atoms with Gasteiger partial charge in [-0.05, 0) is 31.2 Å². The zero-order valence-electron chi connectivity index (χ0n) is 12.0. The molecule has 0 spiro atoms. The van der Waals surface area contributed by atoms with Gasteiger partial charge in [-0.15, -0.1) is 0 Å². The second-order valence-electron chi connectivity index (χ2n) is 4.51. The van der Waals surface area contributed by atoms with E-state index in [0.717, 1.165) is 5.69 Å². The molecule has 0 unspecified atom stereocenters. The molecule has 21 heavy (non-hydrogen) atoms. The molecule has 2 aromatic rings. The lowest BCUT2D eigenvalue weighted by Gasteiger charge is -2.23. The van der Waals surface area contributed by atoms with E-state index in [2.05, 4.69) is 0 Å². The van der Waals surface area contributed by atoms with Crippen LogP contribution in [0.25, 0.3) is 0 Å². The molecular weight excluding hydrogens is 288 g/mol. The lowest BCUT2D eigenvalue weighted by atomic mass is 10.1. The molecule has 0 aliphatic carbocycles. The van der Waals surface area contributed by atoms with Crippen LogP contribution in [0.15, 0.2) is 42.5 Å². The Morgan fingerprint density at radius 2 is 1.95 bits per heavy atom. The van der Waals surface area contributed by atoms with Crippen LogP contribution in [0.5, 0.6) is 0 Å². The summed E-state index contributed by atoms with van der Waals surface area (Å²) < 4.78 is 5.08. The van der Waals surface area contributed by atoms with Crippen molar-refractivity contribution < 1.29 is 9.53 Å². The van der Waals surface area contributed by atoms with E-state index in [9.17, 15) is 4.79 Å². The number of benzene rings is 2. The largest absolute Gasteiger partial charge is 0.462 e. The Bertz CT molecular complexity index is 644. The first-order valence-corrected chi connectivity index (χ1v) is 6.97. The fourth-order valence-corrected chi connectivity index (χ4v) is 2.46. The Kier molecular flexibility index (Phi) is 4.70. The maximum absolute atomic E-state index is 12.1. The monoisotopic (exact) mass is 304 g/mol. The van der Waals surface area contributed by atoms with Crippen molar-refractivity contribution in [1.82, 2.24) is 0 Å². The maximum atomic E-state index is 12.1. The molecule has 5 heteroatoms. The van der Waals surface area contributed by atoms with E-state index >= 15 is 0 Å².